The monoisotopic (exact) mass is 337 g/mol. The van der Waals surface area contributed by atoms with Crippen molar-refractivity contribution >= 4 is 11.9 Å². The highest BCUT2D eigenvalue weighted by atomic mass is 19.1. The molecule has 3 atom stereocenters. The third-order valence-corrected chi connectivity index (χ3v) is 5.61. The lowest BCUT2D eigenvalue weighted by atomic mass is 9.76. The number of nitrogens with zero attached hydrogens (tertiary/aromatic N) is 1. The number of hydrogen-bond donors (Lipinski definition) is 1. The first-order valence-electron chi connectivity index (χ1n) is 8.23. The van der Waals surface area contributed by atoms with Crippen LogP contribution in [0.4, 0.5) is 8.78 Å². The van der Waals surface area contributed by atoms with E-state index in [0.717, 1.165) is 6.07 Å². The van der Waals surface area contributed by atoms with Crippen LogP contribution in [-0.2, 0) is 9.59 Å². The summed E-state index contributed by atoms with van der Waals surface area (Å²) in [6, 6.07) is 3.42. The van der Waals surface area contributed by atoms with Gasteiger partial charge in [-0.15, -0.1) is 0 Å². The summed E-state index contributed by atoms with van der Waals surface area (Å²) in [6.45, 7) is 4.33. The Labute approximate surface area is 139 Å². The molecule has 1 aliphatic carbocycles. The number of carbonyl (C=O) groups is 2. The number of halogens is 2. The number of aliphatic carboxylic acids is 1. The Morgan fingerprint density at radius 3 is 2.58 bits per heavy atom. The molecule has 24 heavy (non-hydrogen) atoms. The second-order valence-corrected chi connectivity index (χ2v) is 7.24. The molecule has 0 bridgehead atoms. The van der Waals surface area contributed by atoms with Crippen LogP contribution in [0.25, 0.3) is 0 Å². The summed E-state index contributed by atoms with van der Waals surface area (Å²) in [4.78, 5) is 25.9. The molecule has 2 aliphatic rings. The van der Waals surface area contributed by atoms with E-state index in [-0.39, 0.29) is 30.2 Å². The summed E-state index contributed by atoms with van der Waals surface area (Å²) in [6.07, 6.45) is 0.966. The second-order valence-electron chi connectivity index (χ2n) is 7.24. The molecule has 1 saturated heterocycles. The maximum absolute atomic E-state index is 13.8. The van der Waals surface area contributed by atoms with Crippen LogP contribution in [-0.4, -0.2) is 35.0 Å². The third kappa shape index (κ3) is 2.68. The Hall–Kier alpha value is -1.98. The highest BCUT2D eigenvalue weighted by Crippen LogP contribution is 2.50. The number of carbonyl (C=O) groups excluding carboxylic acids is 1. The van der Waals surface area contributed by atoms with Crippen molar-refractivity contribution in [3.05, 3.63) is 35.4 Å². The zero-order valence-corrected chi connectivity index (χ0v) is 13.8. The maximum Gasteiger partial charge on any atom is 0.311 e. The fraction of sp³-hybridized carbons (Fsp3) is 0.556. The fourth-order valence-corrected chi connectivity index (χ4v) is 3.76. The molecule has 2 fully saturated rings. The van der Waals surface area contributed by atoms with Crippen molar-refractivity contribution in [2.75, 3.05) is 13.1 Å². The molecule has 4 nitrogen and oxygen atoms in total. The molecule has 1 amide bonds. The van der Waals surface area contributed by atoms with E-state index in [1.54, 1.807) is 4.90 Å². The van der Waals surface area contributed by atoms with E-state index in [0.29, 0.717) is 24.9 Å². The molecule has 0 aromatic heterocycles. The molecular weight excluding hydrogens is 316 g/mol. The van der Waals surface area contributed by atoms with E-state index in [1.807, 2.05) is 13.8 Å². The molecule has 1 aliphatic heterocycles. The van der Waals surface area contributed by atoms with Crippen LogP contribution < -0.4 is 0 Å². The standard InChI is InChI=1S/C18H21F2NO3/c1-10(2)18(17(23)24)5-6-21(9-18)16(22)14-8-13(14)12-4-3-11(19)7-15(12)20/h3-4,7,10,13-14H,5-6,8-9H2,1-2H3,(H,23,24). The second kappa shape index (κ2) is 5.83. The van der Waals surface area contributed by atoms with E-state index >= 15 is 0 Å². The van der Waals surface area contributed by atoms with Gasteiger partial charge in [-0.25, -0.2) is 8.78 Å². The lowest BCUT2D eigenvalue weighted by molar-refractivity contribution is -0.151. The average molecular weight is 337 g/mol. The zero-order valence-electron chi connectivity index (χ0n) is 13.8. The molecule has 0 spiro atoms. The number of rotatable bonds is 4. The molecule has 130 valence electrons. The fourth-order valence-electron chi connectivity index (χ4n) is 3.76. The summed E-state index contributed by atoms with van der Waals surface area (Å²) < 4.78 is 26.8. The van der Waals surface area contributed by atoms with Gasteiger partial charge >= 0.3 is 5.97 Å². The van der Waals surface area contributed by atoms with Crippen molar-refractivity contribution in [1.29, 1.82) is 0 Å². The van der Waals surface area contributed by atoms with Gasteiger partial charge in [0, 0.05) is 25.1 Å². The zero-order chi connectivity index (χ0) is 17.6. The van der Waals surface area contributed by atoms with Crippen LogP contribution >= 0.6 is 0 Å². The minimum absolute atomic E-state index is 0.0719. The molecule has 0 radical (unpaired) electrons. The van der Waals surface area contributed by atoms with Gasteiger partial charge in [-0.1, -0.05) is 19.9 Å². The van der Waals surface area contributed by atoms with Crippen molar-refractivity contribution in [2.24, 2.45) is 17.3 Å². The summed E-state index contributed by atoms with van der Waals surface area (Å²) in [5.41, 5.74) is -0.538. The van der Waals surface area contributed by atoms with Gasteiger partial charge in [0.25, 0.3) is 0 Å². The van der Waals surface area contributed by atoms with Crippen LogP contribution in [0.2, 0.25) is 0 Å². The van der Waals surface area contributed by atoms with E-state index in [4.69, 9.17) is 0 Å². The number of carboxylic acid groups (broad SMARTS) is 1. The van der Waals surface area contributed by atoms with Gasteiger partial charge in [-0.2, -0.15) is 0 Å². The van der Waals surface area contributed by atoms with Crippen LogP contribution in [0.15, 0.2) is 18.2 Å². The lowest BCUT2D eigenvalue weighted by Crippen LogP contribution is -2.41. The van der Waals surface area contributed by atoms with Gasteiger partial charge in [0.1, 0.15) is 11.6 Å². The molecule has 1 aromatic rings. The molecule has 1 aromatic carbocycles. The topological polar surface area (TPSA) is 57.6 Å². The number of benzene rings is 1. The predicted octanol–water partition coefficient (Wildman–Crippen LogP) is 3.03. The SMILES string of the molecule is CC(C)C1(C(=O)O)CCN(C(=O)C2CC2c2ccc(F)cc2F)C1. The molecule has 6 heteroatoms. The van der Waals surface area contributed by atoms with Crippen LogP contribution in [0.3, 0.4) is 0 Å². The average Bonchev–Trinajstić information content (AvgIpc) is 3.14. The molecular formula is C18H21F2NO3. The largest absolute Gasteiger partial charge is 0.481 e. The van der Waals surface area contributed by atoms with Gasteiger partial charge in [0.05, 0.1) is 5.41 Å². The van der Waals surface area contributed by atoms with Crippen LogP contribution in [0, 0.1) is 28.9 Å². The van der Waals surface area contributed by atoms with Crippen LogP contribution in [0.5, 0.6) is 0 Å². The molecule has 3 rings (SSSR count). The van der Waals surface area contributed by atoms with Crippen molar-refractivity contribution < 1.29 is 23.5 Å². The Morgan fingerprint density at radius 2 is 2.04 bits per heavy atom. The maximum atomic E-state index is 13.8. The number of likely N-dealkylation sites (tertiary alicyclic amines) is 1. The quantitative estimate of drug-likeness (QED) is 0.919. The predicted molar refractivity (Wildman–Crippen MR) is 83.3 cm³/mol. The first kappa shape index (κ1) is 16.9. The van der Waals surface area contributed by atoms with Crippen molar-refractivity contribution in [1.82, 2.24) is 4.90 Å². The van der Waals surface area contributed by atoms with Gasteiger partial charge in [0.15, 0.2) is 0 Å². The Morgan fingerprint density at radius 1 is 1.33 bits per heavy atom. The molecule has 1 saturated carbocycles. The van der Waals surface area contributed by atoms with Gasteiger partial charge in [0.2, 0.25) is 5.91 Å². The van der Waals surface area contributed by atoms with E-state index in [9.17, 15) is 23.5 Å². The minimum Gasteiger partial charge on any atom is -0.481 e. The van der Waals surface area contributed by atoms with Crippen molar-refractivity contribution in [3.8, 4) is 0 Å². The minimum atomic E-state index is -0.902. The Balaban J connectivity index is 1.70. The number of hydrogen-bond acceptors (Lipinski definition) is 2. The summed E-state index contributed by atoms with van der Waals surface area (Å²) in [5.74, 6) is -2.89. The van der Waals surface area contributed by atoms with Crippen LogP contribution in [0.1, 0.15) is 38.2 Å². The van der Waals surface area contributed by atoms with Gasteiger partial charge in [-0.3, -0.25) is 9.59 Å². The first-order chi connectivity index (χ1) is 11.3. The van der Waals surface area contributed by atoms with Crippen molar-refractivity contribution in [2.45, 2.75) is 32.6 Å². The Kier molecular flexibility index (Phi) is 4.10. The van der Waals surface area contributed by atoms with E-state index in [2.05, 4.69) is 0 Å². The van der Waals surface area contributed by atoms with Gasteiger partial charge in [-0.05, 0) is 36.3 Å². The smallest absolute Gasteiger partial charge is 0.311 e. The Bertz CT molecular complexity index is 691. The van der Waals surface area contributed by atoms with Gasteiger partial charge < -0.3 is 10.0 Å². The normalized spacial score (nSPS) is 29.1. The third-order valence-electron chi connectivity index (χ3n) is 5.61. The highest BCUT2D eigenvalue weighted by molar-refractivity contribution is 5.85. The molecule has 3 unspecified atom stereocenters. The first-order valence-corrected chi connectivity index (χ1v) is 8.23. The summed E-state index contributed by atoms with van der Waals surface area (Å²) in [7, 11) is 0. The highest BCUT2D eigenvalue weighted by Gasteiger charge is 2.53. The summed E-state index contributed by atoms with van der Waals surface area (Å²) in [5, 5.41) is 9.56. The summed E-state index contributed by atoms with van der Waals surface area (Å²) >= 11 is 0. The molecule has 1 N–H and O–H groups in total. The van der Waals surface area contributed by atoms with Crippen molar-refractivity contribution in [3.63, 3.8) is 0 Å². The number of amides is 1. The van der Waals surface area contributed by atoms with E-state index in [1.165, 1.54) is 12.1 Å². The number of carboxylic acids is 1. The van der Waals surface area contributed by atoms with E-state index < -0.39 is 23.0 Å². The molecule has 1 heterocycles. The lowest BCUT2D eigenvalue weighted by Gasteiger charge is -2.28.